The maximum atomic E-state index is 13.7. The Hall–Kier alpha value is -3.43. The number of ether oxygens (including phenoxy) is 4. The molecule has 37 heavy (non-hydrogen) atoms. The first kappa shape index (κ1) is 26.6. The highest BCUT2D eigenvalue weighted by atomic mass is 32.1. The molecule has 4 rings (SSSR count). The summed E-state index contributed by atoms with van der Waals surface area (Å²) in [7, 11) is 1.36. The zero-order chi connectivity index (χ0) is 26.4. The van der Waals surface area contributed by atoms with Gasteiger partial charge in [-0.1, -0.05) is 6.07 Å². The van der Waals surface area contributed by atoms with Gasteiger partial charge in [0.15, 0.2) is 6.10 Å². The molecule has 2 aromatic carbocycles. The van der Waals surface area contributed by atoms with Crippen LogP contribution in [0.15, 0.2) is 46.2 Å². The van der Waals surface area contributed by atoms with E-state index < -0.39 is 6.10 Å². The molecule has 0 aliphatic rings. The molecule has 9 heteroatoms. The number of benzene rings is 2. The predicted molar refractivity (Wildman–Crippen MR) is 140 cm³/mol. The molecule has 0 bridgehead atoms. The van der Waals surface area contributed by atoms with Crippen LogP contribution in [0, 0.1) is 12.7 Å². The molecule has 2 heterocycles. The van der Waals surface area contributed by atoms with Gasteiger partial charge in [-0.15, -0.1) is 11.3 Å². The monoisotopic (exact) mass is 527 g/mol. The lowest BCUT2D eigenvalue weighted by Crippen LogP contribution is -2.28. The van der Waals surface area contributed by atoms with E-state index in [2.05, 4.69) is 4.98 Å². The van der Waals surface area contributed by atoms with Crippen molar-refractivity contribution in [2.45, 2.75) is 39.7 Å². The average Bonchev–Trinajstić information content (AvgIpc) is 3.52. The van der Waals surface area contributed by atoms with Crippen LogP contribution in [-0.2, 0) is 27.1 Å². The Morgan fingerprint density at radius 2 is 1.95 bits per heavy atom. The van der Waals surface area contributed by atoms with E-state index in [1.807, 2.05) is 44.4 Å². The molecule has 4 aromatic rings. The zero-order valence-corrected chi connectivity index (χ0v) is 22.2. The lowest BCUT2D eigenvalue weighted by atomic mass is 10.1. The second-order valence-corrected chi connectivity index (χ2v) is 9.17. The minimum atomic E-state index is -0.652. The van der Waals surface area contributed by atoms with Gasteiger partial charge in [-0.25, -0.2) is 14.2 Å². The maximum Gasteiger partial charge on any atom is 0.335 e. The molecule has 0 fully saturated rings. The number of oxazole rings is 1. The number of carbonyl (C=O) groups excluding carboxylic acids is 1. The fourth-order valence-corrected chi connectivity index (χ4v) is 5.04. The van der Waals surface area contributed by atoms with Gasteiger partial charge < -0.3 is 23.4 Å². The number of thiophene rings is 1. The van der Waals surface area contributed by atoms with Gasteiger partial charge in [-0.3, -0.25) is 0 Å². The third-order valence-corrected chi connectivity index (χ3v) is 6.85. The normalized spacial score (nSPS) is 12.0. The number of methoxy groups -OCH3 is 1. The Bertz CT molecular complexity index is 1360. The number of aryl methyl sites for hydroxylation is 1. The van der Waals surface area contributed by atoms with Crippen molar-refractivity contribution in [3.05, 3.63) is 64.6 Å². The van der Waals surface area contributed by atoms with Crippen molar-refractivity contribution < 1.29 is 32.5 Å². The van der Waals surface area contributed by atoms with E-state index >= 15 is 0 Å². The van der Waals surface area contributed by atoms with Gasteiger partial charge in [0.25, 0.3) is 0 Å². The first-order valence-corrected chi connectivity index (χ1v) is 13.0. The smallest absolute Gasteiger partial charge is 0.335 e. The van der Waals surface area contributed by atoms with Gasteiger partial charge in [-0.2, -0.15) is 0 Å². The molecule has 1 unspecified atom stereocenters. The third-order valence-electron chi connectivity index (χ3n) is 5.86. The molecule has 0 saturated heterocycles. The highest BCUT2D eigenvalue weighted by Crippen LogP contribution is 2.35. The molecular weight excluding hydrogens is 497 g/mol. The largest absolute Gasteiger partial charge is 0.493 e. The summed E-state index contributed by atoms with van der Waals surface area (Å²) < 4.78 is 42.8. The Kier molecular flexibility index (Phi) is 8.78. The highest BCUT2D eigenvalue weighted by molar-refractivity contribution is 7.17. The Morgan fingerprint density at radius 1 is 1.11 bits per heavy atom. The number of fused-ring (bicyclic) bond motifs is 1. The fourth-order valence-electron chi connectivity index (χ4n) is 4.10. The lowest BCUT2D eigenvalue weighted by molar-refractivity contribution is -0.153. The SMILES string of the molecule is CCOc1cc(F)ccc1-c1nc(CCOc2ccc(CC(OCC)C(=O)OC)c3sccc23)c(C)o1. The van der Waals surface area contributed by atoms with E-state index in [1.54, 1.807) is 17.4 Å². The average molecular weight is 528 g/mol. The van der Waals surface area contributed by atoms with Gasteiger partial charge in [-0.05, 0) is 56.0 Å². The van der Waals surface area contributed by atoms with E-state index in [0.717, 1.165) is 27.1 Å². The Labute approximate surface area is 219 Å². The van der Waals surface area contributed by atoms with Crippen LogP contribution >= 0.6 is 11.3 Å². The van der Waals surface area contributed by atoms with Crippen LogP contribution in [0.3, 0.4) is 0 Å². The summed E-state index contributed by atoms with van der Waals surface area (Å²) in [5.74, 6) is 1.44. The second kappa shape index (κ2) is 12.2. The van der Waals surface area contributed by atoms with E-state index in [9.17, 15) is 9.18 Å². The second-order valence-electron chi connectivity index (χ2n) is 8.25. The first-order chi connectivity index (χ1) is 17.9. The lowest BCUT2D eigenvalue weighted by Gasteiger charge is -2.16. The fraction of sp³-hybridized carbons (Fsp3) is 0.357. The van der Waals surface area contributed by atoms with Crippen LogP contribution in [0.25, 0.3) is 21.5 Å². The van der Waals surface area contributed by atoms with Crippen molar-refractivity contribution in [2.75, 3.05) is 26.9 Å². The number of nitrogens with zero attached hydrogens (tertiary/aromatic N) is 1. The predicted octanol–water partition coefficient (Wildman–Crippen LogP) is 6.14. The number of halogens is 1. The van der Waals surface area contributed by atoms with Crippen molar-refractivity contribution in [1.82, 2.24) is 4.98 Å². The summed E-state index contributed by atoms with van der Waals surface area (Å²) in [4.78, 5) is 16.7. The van der Waals surface area contributed by atoms with Crippen LogP contribution < -0.4 is 9.47 Å². The summed E-state index contributed by atoms with van der Waals surface area (Å²) in [5, 5.41) is 2.98. The minimum Gasteiger partial charge on any atom is -0.493 e. The van der Waals surface area contributed by atoms with Gasteiger partial charge >= 0.3 is 5.97 Å². The molecule has 7 nitrogen and oxygen atoms in total. The molecule has 2 aromatic heterocycles. The molecule has 0 amide bonds. The van der Waals surface area contributed by atoms with Crippen LogP contribution in [0.1, 0.15) is 30.9 Å². The number of carbonyl (C=O) groups is 1. The van der Waals surface area contributed by atoms with Crippen molar-refractivity contribution in [1.29, 1.82) is 0 Å². The Balaban J connectivity index is 1.47. The van der Waals surface area contributed by atoms with E-state index in [0.29, 0.717) is 55.6 Å². The standard InChI is InChI=1S/C28H30FNO6S/c1-5-33-24-16-19(29)8-9-21(24)27-30-22(17(3)36-27)11-13-35-23-10-7-18(26-20(23)12-14-37-26)15-25(34-6-2)28(31)32-4/h7-10,12,14,16,25H,5-6,11,13,15H2,1-4H3. The van der Waals surface area contributed by atoms with Crippen molar-refractivity contribution >= 4 is 27.4 Å². The van der Waals surface area contributed by atoms with Gasteiger partial charge in [0, 0.05) is 35.6 Å². The molecule has 0 aliphatic carbocycles. The van der Waals surface area contributed by atoms with E-state index in [-0.39, 0.29) is 11.8 Å². The molecule has 1 atom stereocenters. The summed E-state index contributed by atoms with van der Waals surface area (Å²) in [6.45, 7) is 6.75. The highest BCUT2D eigenvalue weighted by Gasteiger charge is 2.22. The molecule has 0 spiro atoms. The summed E-state index contributed by atoms with van der Waals surface area (Å²) in [6, 6.07) is 10.2. The molecule has 196 valence electrons. The number of aromatic nitrogens is 1. The van der Waals surface area contributed by atoms with E-state index in [4.69, 9.17) is 23.4 Å². The van der Waals surface area contributed by atoms with Crippen LogP contribution in [0.5, 0.6) is 11.5 Å². The molecule has 0 aliphatic heterocycles. The van der Waals surface area contributed by atoms with Crippen LogP contribution in [0.2, 0.25) is 0 Å². The third kappa shape index (κ3) is 6.11. The quantitative estimate of drug-likeness (QED) is 0.205. The number of rotatable bonds is 12. The number of esters is 1. The van der Waals surface area contributed by atoms with Crippen molar-refractivity contribution in [3.8, 4) is 23.0 Å². The molecular formula is C28H30FNO6S. The Morgan fingerprint density at radius 3 is 2.70 bits per heavy atom. The minimum absolute atomic E-state index is 0.381. The number of hydrogen-bond donors (Lipinski definition) is 0. The van der Waals surface area contributed by atoms with E-state index in [1.165, 1.54) is 19.2 Å². The summed E-state index contributed by atoms with van der Waals surface area (Å²) >= 11 is 1.59. The van der Waals surface area contributed by atoms with Gasteiger partial charge in [0.1, 0.15) is 23.1 Å². The van der Waals surface area contributed by atoms with Crippen LogP contribution in [-0.4, -0.2) is 44.0 Å². The summed E-state index contributed by atoms with van der Waals surface area (Å²) in [5.41, 5.74) is 2.37. The van der Waals surface area contributed by atoms with Crippen molar-refractivity contribution in [2.24, 2.45) is 0 Å². The summed E-state index contributed by atoms with van der Waals surface area (Å²) in [6.07, 6.45) is 0.301. The van der Waals surface area contributed by atoms with Gasteiger partial charge in [0.05, 0.1) is 31.6 Å². The molecule has 0 N–H and O–H groups in total. The number of hydrogen-bond acceptors (Lipinski definition) is 8. The topological polar surface area (TPSA) is 80.0 Å². The maximum absolute atomic E-state index is 13.7. The van der Waals surface area contributed by atoms with Crippen LogP contribution in [0.4, 0.5) is 4.39 Å². The molecule has 0 saturated carbocycles. The molecule has 0 radical (unpaired) electrons. The van der Waals surface area contributed by atoms with Gasteiger partial charge in [0.2, 0.25) is 5.89 Å². The van der Waals surface area contributed by atoms with Crippen molar-refractivity contribution in [3.63, 3.8) is 0 Å². The zero-order valence-electron chi connectivity index (χ0n) is 21.3. The first-order valence-electron chi connectivity index (χ1n) is 12.1.